The van der Waals surface area contributed by atoms with Gasteiger partial charge in [-0.15, -0.1) is 0 Å². The SMILES string of the molecule is O=C(c1ccccc1)c1oc2ccc(Br)cc2c1-c1ccoc1. The Morgan fingerprint density at radius 3 is 2.57 bits per heavy atom. The van der Waals surface area contributed by atoms with Crippen molar-refractivity contribution >= 4 is 32.7 Å². The zero-order chi connectivity index (χ0) is 15.8. The van der Waals surface area contributed by atoms with Crippen LogP contribution in [0.4, 0.5) is 0 Å². The summed E-state index contributed by atoms with van der Waals surface area (Å²) in [6, 6.07) is 16.6. The minimum atomic E-state index is -0.144. The van der Waals surface area contributed by atoms with Crippen LogP contribution in [0.5, 0.6) is 0 Å². The Kier molecular flexibility index (Phi) is 3.39. The van der Waals surface area contributed by atoms with Crippen molar-refractivity contribution in [1.82, 2.24) is 0 Å². The molecule has 0 radical (unpaired) electrons. The second-order valence-electron chi connectivity index (χ2n) is 5.15. The molecule has 0 amide bonds. The number of benzene rings is 2. The molecule has 0 atom stereocenters. The van der Waals surface area contributed by atoms with Crippen LogP contribution in [0.1, 0.15) is 16.1 Å². The Morgan fingerprint density at radius 2 is 1.83 bits per heavy atom. The fourth-order valence-corrected chi connectivity index (χ4v) is 3.00. The highest BCUT2D eigenvalue weighted by molar-refractivity contribution is 9.10. The predicted octanol–water partition coefficient (Wildman–Crippen LogP) is 5.69. The molecular formula is C19H11BrO3. The number of ketones is 1. The summed E-state index contributed by atoms with van der Waals surface area (Å²) in [6.07, 6.45) is 3.20. The Labute approximate surface area is 140 Å². The van der Waals surface area contributed by atoms with E-state index in [0.29, 0.717) is 16.9 Å². The average molecular weight is 367 g/mol. The first kappa shape index (κ1) is 14.0. The molecule has 4 aromatic rings. The molecule has 0 aliphatic carbocycles. The summed E-state index contributed by atoms with van der Waals surface area (Å²) < 4.78 is 12.0. The number of hydrogen-bond acceptors (Lipinski definition) is 3. The maximum absolute atomic E-state index is 12.9. The van der Waals surface area contributed by atoms with E-state index >= 15 is 0 Å². The molecule has 0 unspecified atom stereocenters. The van der Waals surface area contributed by atoms with Crippen LogP contribution in [-0.4, -0.2) is 5.78 Å². The van der Waals surface area contributed by atoms with E-state index in [9.17, 15) is 4.79 Å². The maximum Gasteiger partial charge on any atom is 0.228 e. The molecule has 3 nitrogen and oxygen atoms in total. The van der Waals surface area contributed by atoms with E-state index in [0.717, 1.165) is 21.0 Å². The molecular weight excluding hydrogens is 356 g/mol. The van der Waals surface area contributed by atoms with E-state index in [4.69, 9.17) is 8.83 Å². The van der Waals surface area contributed by atoms with E-state index in [2.05, 4.69) is 15.9 Å². The molecule has 4 rings (SSSR count). The maximum atomic E-state index is 12.9. The molecule has 0 saturated heterocycles. The zero-order valence-electron chi connectivity index (χ0n) is 12.0. The number of halogens is 1. The second-order valence-corrected chi connectivity index (χ2v) is 6.07. The lowest BCUT2D eigenvalue weighted by Gasteiger charge is -2.01. The minimum absolute atomic E-state index is 0.144. The summed E-state index contributed by atoms with van der Waals surface area (Å²) in [5.74, 6) is 0.180. The van der Waals surface area contributed by atoms with Crippen molar-refractivity contribution in [3.63, 3.8) is 0 Å². The second kappa shape index (κ2) is 5.56. The van der Waals surface area contributed by atoms with Crippen LogP contribution in [-0.2, 0) is 0 Å². The van der Waals surface area contributed by atoms with E-state index in [1.54, 1.807) is 24.7 Å². The van der Waals surface area contributed by atoms with Crippen LogP contribution in [0.15, 0.2) is 80.4 Å². The van der Waals surface area contributed by atoms with E-state index in [-0.39, 0.29) is 5.78 Å². The monoisotopic (exact) mass is 366 g/mol. The predicted molar refractivity (Wildman–Crippen MR) is 91.5 cm³/mol. The Morgan fingerprint density at radius 1 is 1.00 bits per heavy atom. The molecule has 23 heavy (non-hydrogen) atoms. The van der Waals surface area contributed by atoms with Gasteiger partial charge in [0.1, 0.15) is 5.58 Å². The molecule has 112 valence electrons. The number of carbonyl (C=O) groups excluding carboxylic acids is 1. The first-order chi connectivity index (χ1) is 11.2. The number of fused-ring (bicyclic) bond motifs is 1. The lowest BCUT2D eigenvalue weighted by atomic mass is 10.00. The third-order valence-electron chi connectivity index (χ3n) is 3.70. The smallest absolute Gasteiger partial charge is 0.228 e. The van der Waals surface area contributed by atoms with Gasteiger partial charge in [0.05, 0.1) is 12.5 Å². The standard InChI is InChI=1S/C19H11BrO3/c20-14-6-7-16-15(10-14)17(13-8-9-22-11-13)19(23-16)18(21)12-4-2-1-3-5-12/h1-11H. The van der Waals surface area contributed by atoms with Gasteiger partial charge in [0.25, 0.3) is 0 Å². The van der Waals surface area contributed by atoms with Gasteiger partial charge in [-0.25, -0.2) is 0 Å². The molecule has 0 fully saturated rings. The van der Waals surface area contributed by atoms with Gasteiger partial charge in [-0.3, -0.25) is 4.79 Å². The highest BCUT2D eigenvalue weighted by Crippen LogP contribution is 2.37. The van der Waals surface area contributed by atoms with E-state index in [1.807, 2.05) is 42.5 Å². The minimum Gasteiger partial charge on any atom is -0.472 e. The van der Waals surface area contributed by atoms with Gasteiger partial charge in [0.2, 0.25) is 5.78 Å². The Hall–Kier alpha value is -2.59. The summed E-state index contributed by atoms with van der Waals surface area (Å²) in [4.78, 5) is 12.9. The third-order valence-corrected chi connectivity index (χ3v) is 4.20. The lowest BCUT2D eigenvalue weighted by Crippen LogP contribution is -2.00. The fraction of sp³-hybridized carbons (Fsp3) is 0. The van der Waals surface area contributed by atoms with Crippen molar-refractivity contribution in [3.05, 3.63) is 82.9 Å². The summed E-state index contributed by atoms with van der Waals surface area (Å²) in [5, 5.41) is 0.875. The van der Waals surface area contributed by atoms with Crippen LogP contribution in [0.2, 0.25) is 0 Å². The zero-order valence-corrected chi connectivity index (χ0v) is 13.5. The first-order valence-corrected chi connectivity index (χ1v) is 7.88. The largest absolute Gasteiger partial charge is 0.472 e. The number of furan rings is 2. The summed E-state index contributed by atoms with van der Waals surface area (Å²) in [6.45, 7) is 0. The molecule has 0 bridgehead atoms. The van der Waals surface area contributed by atoms with Crippen LogP contribution in [0.3, 0.4) is 0 Å². The van der Waals surface area contributed by atoms with E-state index < -0.39 is 0 Å². The third kappa shape index (κ3) is 2.41. The Balaban J connectivity index is 1.99. The van der Waals surface area contributed by atoms with Gasteiger partial charge in [0, 0.05) is 26.5 Å². The topological polar surface area (TPSA) is 43.4 Å². The van der Waals surface area contributed by atoms with Gasteiger partial charge in [-0.05, 0) is 24.3 Å². The van der Waals surface area contributed by atoms with Crippen LogP contribution < -0.4 is 0 Å². The van der Waals surface area contributed by atoms with Gasteiger partial charge < -0.3 is 8.83 Å². The average Bonchev–Trinajstić information content (AvgIpc) is 3.21. The van der Waals surface area contributed by atoms with Crippen molar-refractivity contribution in [2.45, 2.75) is 0 Å². The van der Waals surface area contributed by atoms with E-state index in [1.165, 1.54) is 0 Å². The molecule has 0 aliphatic rings. The van der Waals surface area contributed by atoms with Gasteiger partial charge in [-0.1, -0.05) is 46.3 Å². The molecule has 0 aliphatic heterocycles. The van der Waals surface area contributed by atoms with Crippen molar-refractivity contribution < 1.29 is 13.6 Å². The van der Waals surface area contributed by atoms with Crippen LogP contribution in [0, 0.1) is 0 Å². The van der Waals surface area contributed by atoms with Crippen molar-refractivity contribution in [2.75, 3.05) is 0 Å². The molecule has 0 N–H and O–H groups in total. The Bertz CT molecular complexity index is 982. The summed E-state index contributed by atoms with van der Waals surface area (Å²) in [5.41, 5.74) is 2.84. The molecule has 0 spiro atoms. The van der Waals surface area contributed by atoms with Gasteiger partial charge in [-0.2, -0.15) is 0 Å². The van der Waals surface area contributed by atoms with Crippen LogP contribution in [0.25, 0.3) is 22.1 Å². The quantitative estimate of drug-likeness (QED) is 0.437. The highest BCUT2D eigenvalue weighted by atomic mass is 79.9. The molecule has 4 heteroatoms. The number of rotatable bonds is 3. The number of hydrogen-bond donors (Lipinski definition) is 0. The summed E-state index contributed by atoms with van der Waals surface area (Å²) in [7, 11) is 0. The van der Waals surface area contributed by atoms with Crippen molar-refractivity contribution in [1.29, 1.82) is 0 Å². The summed E-state index contributed by atoms with van der Waals surface area (Å²) >= 11 is 3.47. The molecule has 2 heterocycles. The van der Waals surface area contributed by atoms with Crippen molar-refractivity contribution in [3.8, 4) is 11.1 Å². The van der Waals surface area contributed by atoms with Crippen LogP contribution >= 0.6 is 15.9 Å². The highest BCUT2D eigenvalue weighted by Gasteiger charge is 2.23. The molecule has 2 aromatic carbocycles. The normalized spacial score (nSPS) is 11.0. The van der Waals surface area contributed by atoms with Gasteiger partial charge in [0.15, 0.2) is 5.76 Å². The first-order valence-electron chi connectivity index (χ1n) is 7.08. The van der Waals surface area contributed by atoms with Gasteiger partial charge >= 0.3 is 0 Å². The fourth-order valence-electron chi connectivity index (χ4n) is 2.64. The lowest BCUT2D eigenvalue weighted by molar-refractivity contribution is 0.101. The van der Waals surface area contributed by atoms with Crippen molar-refractivity contribution in [2.24, 2.45) is 0 Å². The molecule has 2 aromatic heterocycles. The molecule has 0 saturated carbocycles. The number of carbonyl (C=O) groups is 1.